The van der Waals surface area contributed by atoms with E-state index in [9.17, 15) is 9.59 Å². The average Bonchev–Trinajstić information content (AvgIpc) is 2.39. The fourth-order valence-electron chi connectivity index (χ4n) is 1.65. The molecule has 0 atom stereocenters. The van der Waals surface area contributed by atoms with Gasteiger partial charge < -0.3 is 9.47 Å². The molecule has 0 fully saturated rings. The lowest BCUT2D eigenvalue weighted by atomic mass is 9.99. The summed E-state index contributed by atoms with van der Waals surface area (Å²) in [6.45, 7) is 3.78. The molecular weight excluding hydrogens is 392 g/mol. The van der Waals surface area contributed by atoms with Gasteiger partial charge >= 0.3 is 11.9 Å². The maximum Gasteiger partial charge on any atom is 0.334 e. The van der Waals surface area contributed by atoms with E-state index in [1.165, 1.54) is 0 Å². The summed E-state index contributed by atoms with van der Waals surface area (Å²) in [6.07, 6.45) is 0.157. The summed E-state index contributed by atoms with van der Waals surface area (Å²) in [4.78, 5) is 24.2. The summed E-state index contributed by atoms with van der Waals surface area (Å²) >= 11 is 6.57. The molecule has 0 spiro atoms. The molecule has 0 aromatic heterocycles. The molecule has 20 heavy (non-hydrogen) atoms. The first kappa shape index (κ1) is 17.2. The minimum absolute atomic E-state index is 0.157. The molecule has 0 N–H and O–H groups in total. The highest BCUT2D eigenvalue weighted by Crippen LogP contribution is 2.28. The quantitative estimate of drug-likeness (QED) is 0.412. The number of carbonyl (C=O) groups is 2. The van der Waals surface area contributed by atoms with Crippen molar-refractivity contribution in [3.05, 3.63) is 34.3 Å². The number of ether oxygens (including phenoxy) is 2. The third-order valence-electron chi connectivity index (χ3n) is 2.53. The molecule has 0 aliphatic carbocycles. The Bertz CT molecular complexity index is 470. The van der Waals surface area contributed by atoms with Gasteiger partial charge in [-0.05, 0) is 31.5 Å². The van der Waals surface area contributed by atoms with Crippen LogP contribution in [0.15, 0.2) is 28.7 Å². The van der Waals surface area contributed by atoms with Gasteiger partial charge in [0.2, 0.25) is 4.32 Å². The van der Waals surface area contributed by atoms with E-state index in [-0.39, 0.29) is 19.6 Å². The number of hydrogen-bond donors (Lipinski definition) is 0. The Kier molecular flexibility index (Phi) is 6.68. The second kappa shape index (κ2) is 7.78. The minimum Gasteiger partial charge on any atom is -0.464 e. The van der Waals surface area contributed by atoms with Gasteiger partial charge in [0, 0.05) is 10.9 Å². The topological polar surface area (TPSA) is 52.6 Å². The van der Waals surface area contributed by atoms with Crippen molar-refractivity contribution in [1.29, 1.82) is 0 Å². The standard InChI is InChI=1S/C14H16Br2O4/c1-3-19-12(17)14(16,13(18)20-4-2)9-10-6-5-7-11(15)8-10/h5-8H,3-4,9H2,1-2H3. The van der Waals surface area contributed by atoms with Crippen molar-refractivity contribution in [2.45, 2.75) is 24.6 Å². The Morgan fingerprint density at radius 2 is 1.70 bits per heavy atom. The van der Waals surface area contributed by atoms with Gasteiger partial charge in [0.15, 0.2) is 0 Å². The van der Waals surface area contributed by atoms with Crippen LogP contribution in [0.5, 0.6) is 0 Å². The lowest BCUT2D eigenvalue weighted by molar-refractivity contribution is -0.158. The van der Waals surface area contributed by atoms with E-state index in [1.54, 1.807) is 13.8 Å². The molecule has 0 saturated carbocycles. The number of esters is 2. The van der Waals surface area contributed by atoms with Gasteiger partial charge in [-0.3, -0.25) is 0 Å². The maximum atomic E-state index is 12.1. The minimum atomic E-state index is -1.51. The molecule has 0 radical (unpaired) electrons. The molecule has 110 valence electrons. The Morgan fingerprint density at radius 1 is 1.15 bits per heavy atom. The monoisotopic (exact) mass is 406 g/mol. The van der Waals surface area contributed by atoms with Crippen LogP contribution in [0.3, 0.4) is 0 Å². The molecule has 1 rings (SSSR count). The third-order valence-corrected chi connectivity index (χ3v) is 3.96. The van der Waals surface area contributed by atoms with Gasteiger partial charge in [-0.15, -0.1) is 0 Å². The van der Waals surface area contributed by atoms with E-state index in [4.69, 9.17) is 9.47 Å². The molecule has 4 nitrogen and oxygen atoms in total. The SMILES string of the molecule is CCOC(=O)C(Br)(Cc1cccc(Br)c1)C(=O)OCC. The van der Waals surface area contributed by atoms with Gasteiger partial charge in [-0.2, -0.15) is 0 Å². The van der Waals surface area contributed by atoms with E-state index in [0.29, 0.717) is 0 Å². The van der Waals surface area contributed by atoms with Crippen LogP contribution in [0.4, 0.5) is 0 Å². The summed E-state index contributed by atoms with van der Waals surface area (Å²) in [5, 5.41) is 0. The number of halogens is 2. The van der Waals surface area contributed by atoms with Crippen LogP contribution in [0.2, 0.25) is 0 Å². The van der Waals surface area contributed by atoms with Crippen LogP contribution in [-0.2, 0) is 25.5 Å². The maximum absolute atomic E-state index is 12.1. The van der Waals surface area contributed by atoms with Gasteiger partial charge in [0.1, 0.15) is 0 Å². The molecule has 0 aliphatic rings. The van der Waals surface area contributed by atoms with Crippen LogP contribution in [0, 0.1) is 0 Å². The molecule has 0 heterocycles. The normalized spacial score (nSPS) is 11.0. The summed E-state index contributed by atoms with van der Waals surface area (Å²) in [7, 11) is 0. The highest BCUT2D eigenvalue weighted by molar-refractivity contribution is 9.10. The lowest BCUT2D eigenvalue weighted by Crippen LogP contribution is -2.45. The van der Waals surface area contributed by atoms with Crippen molar-refractivity contribution >= 4 is 43.8 Å². The predicted octanol–water partition coefficient (Wildman–Crippen LogP) is 3.25. The largest absolute Gasteiger partial charge is 0.464 e. The van der Waals surface area contributed by atoms with Gasteiger partial charge in [-0.25, -0.2) is 9.59 Å². The smallest absolute Gasteiger partial charge is 0.334 e. The van der Waals surface area contributed by atoms with E-state index in [2.05, 4.69) is 31.9 Å². The molecular formula is C14H16Br2O4. The Morgan fingerprint density at radius 3 is 2.15 bits per heavy atom. The van der Waals surface area contributed by atoms with Crippen LogP contribution in [0.25, 0.3) is 0 Å². The number of hydrogen-bond acceptors (Lipinski definition) is 4. The number of alkyl halides is 1. The molecule has 0 bridgehead atoms. The van der Waals surface area contributed by atoms with Crippen LogP contribution in [0.1, 0.15) is 19.4 Å². The highest BCUT2D eigenvalue weighted by Gasteiger charge is 2.46. The van der Waals surface area contributed by atoms with Crippen LogP contribution < -0.4 is 0 Å². The zero-order valence-corrected chi connectivity index (χ0v) is 14.5. The summed E-state index contributed by atoms with van der Waals surface area (Å²) in [5.74, 6) is -1.28. The number of carbonyl (C=O) groups excluding carboxylic acids is 2. The summed E-state index contributed by atoms with van der Waals surface area (Å²) in [6, 6.07) is 7.38. The van der Waals surface area contributed by atoms with Crippen molar-refractivity contribution in [3.8, 4) is 0 Å². The van der Waals surface area contributed by atoms with Crippen molar-refractivity contribution in [2.75, 3.05) is 13.2 Å². The second-order valence-electron chi connectivity index (χ2n) is 4.05. The lowest BCUT2D eigenvalue weighted by Gasteiger charge is -2.23. The molecule has 0 amide bonds. The van der Waals surface area contributed by atoms with Gasteiger partial charge in [0.25, 0.3) is 0 Å². The Hall–Kier alpha value is -0.880. The third kappa shape index (κ3) is 4.31. The second-order valence-corrected chi connectivity index (χ2v) is 6.32. The first-order valence-corrected chi connectivity index (χ1v) is 7.80. The van der Waals surface area contributed by atoms with E-state index in [0.717, 1.165) is 10.0 Å². The molecule has 0 saturated heterocycles. The van der Waals surface area contributed by atoms with Crippen LogP contribution >= 0.6 is 31.9 Å². The number of benzene rings is 1. The number of rotatable bonds is 6. The van der Waals surface area contributed by atoms with Gasteiger partial charge in [-0.1, -0.05) is 44.0 Å². The fourth-order valence-corrected chi connectivity index (χ4v) is 2.65. The fraction of sp³-hybridized carbons (Fsp3) is 0.429. The molecule has 6 heteroatoms. The van der Waals surface area contributed by atoms with Gasteiger partial charge in [0.05, 0.1) is 13.2 Å². The van der Waals surface area contributed by atoms with E-state index in [1.807, 2.05) is 24.3 Å². The average molecular weight is 408 g/mol. The van der Waals surface area contributed by atoms with E-state index < -0.39 is 16.3 Å². The molecule has 1 aromatic carbocycles. The molecule has 0 aliphatic heterocycles. The zero-order chi connectivity index (χ0) is 15.2. The zero-order valence-electron chi connectivity index (χ0n) is 11.3. The van der Waals surface area contributed by atoms with Crippen molar-refractivity contribution in [1.82, 2.24) is 0 Å². The Balaban J connectivity index is 3.04. The first-order valence-electron chi connectivity index (χ1n) is 6.21. The first-order chi connectivity index (χ1) is 9.43. The highest BCUT2D eigenvalue weighted by atomic mass is 79.9. The van der Waals surface area contributed by atoms with Crippen molar-refractivity contribution < 1.29 is 19.1 Å². The Labute approximate surface area is 135 Å². The summed E-state index contributed by atoms with van der Waals surface area (Å²) < 4.78 is 9.32. The van der Waals surface area contributed by atoms with Crippen molar-refractivity contribution in [2.24, 2.45) is 0 Å². The van der Waals surface area contributed by atoms with Crippen molar-refractivity contribution in [3.63, 3.8) is 0 Å². The predicted molar refractivity (Wildman–Crippen MR) is 82.8 cm³/mol. The van der Waals surface area contributed by atoms with E-state index >= 15 is 0 Å². The summed E-state index contributed by atoms with van der Waals surface area (Å²) in [5.41, 5.74) is 0.817. The van der Waals surface area contributed by atoms with Crippen LogP contribution in [-0.4, -0.2) is 29.5 Å². The molecule has 1 aromatic rings. The molecule has 0 unspecified atom stereocenters.